The summed E-state index contributed by atoms with van der Waals surface area (Å²) in [5.74, 6) is 0. The fraction of sp³-hybridized carbons (Fsp3) is 0.760. The van der Waals surface area contributed by atoms with Crippen LogP contribution >= 0.6 is 0 Å². The van der Waals surface area contributed by atoms with Gasteiger partial charge in [0.1, 0.15) is 0 Å². The van der Waals surface area contributed by atoms with Crippen LogP contribution < -0.4 is 0 Å². The van der Waals surface area contributed by atoms with Crippen LogP contribution in [-0.4, -0.2) is 61.2 Å². The second-order valence-corrected chi connectivity index (χ2v) is 20.9. The van der Waals surface area contributed by atoms with Crippen LogP contribution in [0.1, 0.15) is 64.9 Å². The van der Waals surface area contributed by atoms with Gasteiger partial charge in [-0.1, -0.05) is 0 Å². The number of rotatable bonds is 14. The van der Waals surface area contributed by atoms with Gasteiger partial charge in [-0.25, -0.2) is 0 Å². The summed E-state index contributed by atoms with van der Waals surface area (Å²) in [6, 6.07) is 10.1. The molecule has 2 fully saturated rings. The average Bonchev–Trinajstić information content (AvgIpc) is 3.24. The summed E-state index contributed by atoms with van der Waals surface area (Å²) in [4.78, 5) is 0. The van der Waals surface area contributed by atoms with Crippen molar-refractivity contribution < 1.29 is 22.4 Å². The van der Waals surface area contributed by atoms with Gasteiger partial charge in [0.2, 0.25) is 0 Å². The molecule has 5 atom stereocenters. The molecule has 0 aromatic heterocycles. The van der Waals surface area contributed by atoms with E-state index < -0.39 is 43.4 Å². The van der Waals surface area contributed by atoms with E-state index in [0.29, 0.717) is 13.2 Å². The van der Waals surface area contributed by atoms with Crippen molar-refractivity contribution in [2.24, 2.45) is 0 Å². The van der Waals surface area contributed by atoms with Gasteiger partial charge in [-0.05, 0) is 0 Å². The third-order valence-corrected chi connectivity index (χ3v) is 19.7. The van der Waals surface area contributed by atoms with Crippen molar-refractivity contribution in [1.29, 1.82) is 0 Å². The van der Waals surface area contributed by atoms with Crippen LogP contribution in [0.3, 0.4) is 0 Å². The van der Waals surface area contributed by atoms with Gasteiger partial charge >= 0.3 is 194 Å². The second kappa shape index (κ2) is 12.9. The molecular formula is C25H42O5Sn. The van der Waals surface area contributed by atoms with Crippen molar-refractivity contribution in [1.82, 2.24) is 0 Å². The molecular weight excluding hydrogens is 499 g/mol. The quantitative estimate of drug-likeness (QED) is 0.319. The molecule has 2 aliphatic heterocycles. The molecule has 6 heteroatoms. The molecule has 2 heterocycles. The molecule has 2 aliphatic rings. The third-order valence-electron chi connectivity index (χ3n) is 6.67. The van der Waals surface area contributed by atoms with Gasteiger partial charge in [-0.3, -0.25) is 0 Å². The van der Waals surface area contributed by atoms with Gasteiger partial charge in [0.25, 0.3) is 0 Å². The minimum absolute atomic E-state index is 0.227. The van der Waals surface area contributed by atoms with E-state index in [-0.39, 0.29) is 6.10 Å². The molecule has 2 saturated heterocycles. The van der Waals surface area contributed by atoms with Crippen molar-refractivity contribution in [2.75, 3.05) is 6.61 Å². The van der Waals surface area contributed by atoms with Crippen LogP contribution in [0.25, 0.3) is 0 Å². The summed E-state index contributed by atoms with van der Waals surface area (Å²) in [7, 11) is 0. The summed E-state index contributed by atoms with van der Waals surface area (Å²) in [6.07, 6.45) is 4.97. The van der Waals surface area contributed by atoms with Crippen LogP contribution in [0.4, 0.5) is 0 Å². The molecule has 1 aromatic rings. The van der Waals surface area contributed by atoms with Gasteiger partial charge in [0.05, 0.1) is 0 Å². The molecule has 0 radical (unpaired) electrons. The van der Waals surface area contributed by atoms with Gasteiger partial charge in [-0.2, -0.15) is 0 Å². The van der Waals surface area contributed by atoms with Gasteiger partial charge in [-0.15, -0.1) is 0 Å². The number of fused-ring (bicyclic) bond motifs is 2. The SMILES string of the molecule is CCC[CH2][Sn]([CH2]CCC)([CH2]CCC)[O][C@H]1[C@@H]2OC[C@@H](O2)[C@H](OCc2ccccc2)[C@@H]1O. The second-order valence-electron chi connectivity index (χ2n) is 9.20. The number of aliphatic hydroxyl groups is 1. The Morgan fingerprint density at radius 3 is 2.13 bits per heavy atom. The van der Waals surface area contributed by atoms with E-state index in [9.17, 15) is 5.11 Å². The van der Waals surface area contributed by atoms with E-state index in [1.54, 1.807) is 0 Å². The Morgan fingerprint density at radius 2 is 1.55 bits per heavy atom. The molecule has 0 amide bonds. The predicted molar refractivity (Wildman–Crippen MR) is 125 cm³/mol. The first kappa shape index (κ1) is 25.4. The Morgan fingerprint density at radius 1 is 0.935 bits per heavy atom. The average molecular weight is 541 g/mol. The van der Waals surface area contributed by atoms with Crippen LogP contribution in [0.2, 0.25) is 13.3 Å². The molecule has 1 aromatic carbocycles. The summed E-state index contributed by atoms with van der Waals surface area (Å²) >= 11 is -2.93. The Kier molecular flexibility index (Phi) is 10.6. The van der Waals surface area contributed by atoms with Crippen LogP contribution in [0.15, 0.2) is 30.3 Å². The summed E-state index contributed by atoms with van der Waals surface area (Å²) in [6.45, 7) is 7.69. The van der Waals surface area contributed by atoms with Gasteiger partial charge in [0, 0.05) is 0 Å². The molecule has 31 heavy (non-hydrogen) atoms. The number of hydrogen-bond donors (Lipinski definition) is 1. The van der Waals surface area contributed by atoms with E-state index in [1.807, 2.05) is 30.3 Å². The summed E-state index contributed by atoms with van der Waals surface area (Å²) in [5.41, 5.74) is 1.09. The monoisotopic (exact) mass is 542 g/mol. The number of ether oxygens (including phenoxy) is 3. The Balaban J connectivity index is 1.73. The van der Waals surface area contributed by atoms with Crippen molar-refractivity contribution in [3.05, 3.63) is 35.9 Å². The number of unbranched alkanes of at least 4 members (excludes halogenated alkanes) is 3. The molecule has 5 nitrogen and oxygen atoms in total. The zero-order valence-corrected chi connectivity index (χ0v) is 22.5. The van der Waals surface area contributed by atoms with Crippen LogP contribution in [0.5, 0.6) is 0 Å². The molecule has 0 unspecified atom stereocenters. The minimum atomic E-state index is -2.93. The van der Waals surface area contributed by atoms with E-state index in [4.69, 9.17) is 17.3 Å². The topological polar surface area (TPSA) is 57.2 Å². The van der Waals surface area contributed by atoms with Gasteiger partial charge in [0.15, 0.2) is 0 Å². The summed E-state index contributed by atoms with van der Waals surface area (Å²) in [5, 5.41) is 11.4. The van der Waals surface area contributed by atoms with E-state index in [1.165, 1.54) is 51.8 Å². The molecule has 176 valence electrons. The molecule has 0 saturated carbocycles. The predicted octanol–water partition coefficient (Wildman–Crippen LogP) is 5.42. The van der Waals surface area contributed by atoms with E-state index in [2.05, 4.69) is 20.8 Å². The Bertz CT molecular complexity index is 606. The van der Waals surface area contributed by atoms with E-state index in [0.717, 1.165) is 5.56 Å². The van der Waals surface area contributed by atoms with Crippen LogP contribution in [-0.2, 0) is 23.9 Å². The van der Waals surface area contributed by atoms with Gasteiger partial charge < -0.3 is 0 Å². The fourth-order valence-corrected chi connectivity index (χ4v) is 18.8. The zero-order valence-electron chi connectivity index (χ0n) is 19.6. The third kappa shape index (κ3) is 6.90. The standard InChI is InChI=1S/C13H15O5.3C4H9.Sn/c14-10-11(15)13-17-7-9(18-13)12(10)16-6-8-4-2-1-3-5-8;3*1-3-4-2;/h1-5,9-14H,6-7H2;3*1,3-4H2,2H3;/q-1;;;;+1/t9-,10-,11-,12+,13-;;;;/m1..../s1. The number of benzene rings is 1. The fourth-order valence-electron chi connectivity index (χ4n) is 4.79. The van der Waals surface area contributed by atoms with Crippen LogP contribution in [0, 0.1) is 0 Å². The number of aliphatic hydroxyl groups excluding tert-OH is 1. The molecule has 0 aliphatic carbocycles. The van der Waals surface area contributed by atoms with Crippen molar-refractivity contribution >= 4 is 18.8 Å². The maximum absolute atomic E-state index is 11.4. The van der Waals surface area contributed by atoms with E-state index >= 15 is 0 Å². The first-order chi connectivity index (χ1) is 15.1. The Hall–Kier alpha value is -0.181. The first-order valence-corrected chi connectivity index (χ1v) is 19.6. The Labute approximate surface area is 193 Å². The number of hydrogen-bond acceptors (Lipinski definition) is 5. The molecule has 2 bridgehead atoms. The first-order valence-electron chi connectivity index (χ1n) is 12.4. The molecule has 1 N–H and O–H groups in total. The maximum atomic E-state index is 11.4. The van der Waals surface area contributed by atoms with Crippen molar-refractivity contribution in [2.45, 2.75) is 110 Å². The molecule has 3 rings (SSSR count). The molecule has 0 spiro atoms. The summed E-state index contributed by atoms with van der Waals surface area (Å²) < 4.78 is 29.0. The van der Waals surface area contributed by atoms with Crippen molar-refractivity contribution in [3.63, 3.8) is 0 Å². The zero-order chi connectivity index (χ0) is 22.1. The normalized spacial score (nSPS) is 28.2. The van der Waals surface area contributed by atoms with Crippen molar-refractivity contribution in [3.8, 4) is 0 Å².